The Hall–Kier alpha value is -3.24. The van der Waals surface area contributed by atoms with Gasteiger partial charge in [0.05, 0.1) is 35.1 Å². The monoisotopic (exact) mass is 659 g/mol. The summed E-state index contributed by atoms with van der Waals surface area (Å²) >= 11 is 12.5. The molecule has 0 radical (unpaired) electrons. The summed E-state index contributed by atoms with van der Waals surface area (Å²) in [5.41, 5.74) is 6.09. The van der Waals surface area contributed by atoms with Crippen LogP contribution in [-0.4, -0.2) is 47.2 Å². The number of rotatable bonds is 7. The van der Waals surface area contributed by atoms with Crippen molar-refractivity contribution in [1.29, 1.82) is 0 Å². The van der Waals surface area contributed by atoms with Gasteiger partial charge in [0.15, 0.2) is 0 Å². The Morgan fingerprint density at radius 3 is 2.38 bits per heavy atom. The summed E-state index contributed by atoms with van der Waals surface area (Å²) in [5.74, 6) is -4.03. The number of ether oxygens (including phenoxy) is 1. The molecule has 2 aliphatic heterocycles. The van der Waals surface area contributed by atoms with Crippen molar-refractivity contribution < 1.29 is 28.2 Å². The van der Waals surface area contributed by atoms with Crippen molar-refractivity contribution in [2.24, 2.45) is 17.1 Å². The van der Waals surface area contributed by atoms with E-state index in [-0.39, 0.29) is 43.8 Å². The zero-order chi connectivity index (χ0) is 33.2. The van der Waals surface area contributed by atoms with E-state index < -0.39 is 53.2 Å². The topological polar surface area (TPSA) is 96.1 Å². The first kappa shape index (κ1) is 33.1. The van der Waals surface area contributed by atoms with Crippen LogP contribution >= 0.6 is 23.2 Å². The van der Waals surface area contributed by atoms with E-state index in [9.17, 15) is 14.7 Å². The van der Waals surface area contributed by atoms with Gasteiger partial charge in [0.2, 0.25) is 5.91 Å². The van der Waals surface area contributed by atoms with Crippen molar-refractivity contribution in [1.82, 2.24) is 4.90 Å². The lowest BCUT2D eigenvalue weighted by atomic mass is 9.68. The summed E-state index contributed by atoms with van der Waals surface area (Å²) in [6.07, 6.45) is -0.217. The molecule has 1 amide bonds. The number of hydrogen-bond acceptors (Lipinski definition) is 5. The first-order chi connectivity index (χ1) is 21.0. The molecule has 240 valence electrons. The molecule has 11 heteroatoms. The van der Waals surface area contributed by atoms with E-state index in [4.69, 9.17) is 33.7 Å². The molecule has 0 saturated carbocycles. The third kappa shape index (κ3) is 5.47. The SMILES string of the molecule is COc1cc(C(=O)O)ccc1N1C(=O)[C@H]2[C@H](c3cccc(Cl)c3F)[C@@](N)(c3ccc(Cl)cc3F)[C@H](CC(C)(C)C)N2[C@@H]1C(C)C. The Morgan fingerprint density at radius 1 is 1.11 bits per heavy atom. The fraction of sp³-hybridized carbons (Fsp3) is 0.412. The number of carbonyl (C=O) groups is 2. The van der Waals surface area contributed by atoms with Gasteiger partial charge in [-0.1, -0.05) is 76.0 Å². The van der Waals surface area contributed by atoms with Crippen molar-refractivity contribution in [3.63, 3.8) is 0 Å². The first-order valence-electron chi connectivity index (χ1n) is 14.7. The van der Waals surface area contributed by atoms with E-state index >= 15 is 8.78 Å². The third-order valence-corrected chi connectivity index (χ3v) is 9.45. The molecule has 2 fully saturated rings. The average Bonchev–Trinajstić information content (AvgIpc) is 3.37. The Bertz CT molecular complexity index is 1660. The second-order valence-electron chi connectivity index (χ2n) is 13.4. The molecule has 2 saturated heterocycles. The quantitative estimate of drug-likeness (QED) is 0.274. The molecule has 3 N–H and O–H groups in total. The fourth-order valence-corrected chi connectivity index (χ4v) is 7.59. The number of anilines is 1. The number of hydrogen-bond donors (Lipinski definition) is 2. The van der Waals surface area contributed by atoms with Crippen molar-refractivity contribution >= 4 is 40.8 Å². The molecule has 2 aliphatic rings. The van der Waals surface area contributed by atoms with Crippen LogP contribution in [0.4, 0.5) is 14.5 Å². The summed E-state index contributed by atoms with van der Waals surface area (Å²) < 4.78 is 37.8. The molecular formula is C34H37Cl2F2N3O4. The van der Waals surface area contributed by atoms with E-state index in [1.54, 1.807) is 29.2 Å². The van der Waals surface area contributed by atoms with Gasteiger partial charge in [0.1, 0.15) is 23.4 Å². The summed E-state index contributed by atoms with van der Waals surface area (Å²) in [6.45, 7) is 9.99. The highest BCUT2D eigenvalue weighted by Crippen LogP contribution is 2.58. The van der Waals surface area contributed by atoms with Crippen LogP contribution in [-0.2, 0) is 10.3 Å². The van der Waals surface area contributed by atoms with Crippen LogP contribution in [0.1, 0.15) is 68.4 Å². The van der Waals surface area contributed by atoms with Crippen LogP contribution in [0.5, 0.6) is 5.75 Å². The van der Waals surface area contributed by atoms with Crippen molar-refractivity contribution in [2.45, 2.75) is 70.7 Å². The number of carboxylic acids is 1. The van der Waals surface area contributed by atoms with Crippen molar-refractivity contribution in [3.05, 3.63) is 93.0 Å². The van der Waals surface area contributed by atoms with Gasteiger partial charge in [-0.3, -0.25) is 14.6 Å². The summed E-state index contributed by atoms with van der Waals surface area (Å²) in [6, 6.07) is 11.4. The molecule has 3 aromatic rings. The minimum atomic E-state index is -1.61. The molecule has 2 heterocycles. The van der Waals surface area contributed by atoms with Crippen molar-refractivity contribution in [2.75, 3.05) is 12.0 Å². The number of fused-ring (bicyclic) bond motifs is 1. The van der Waals surface area contributed by atoms with Crippen LogP contribution in [0.2, 0.25) is 10.0 Å². The third-order valence-electron chi connectivity index (χ3n) is 8.93. The molecule has 0 bridgehead atoms. The molecule has 0 spiro atoms. The Kier molecular flexibility index (Phi) is 8.72. The molecule has 0 unspecified atom stereocenters. The highest BCUT2D eigenvalue weighted by atomic mass is 35.5. The lowest BCUT2D eigenvalue weighted by molar-refractivity contribution is -0.119. The summed E-state index contributed by atoms with van der Waals surface area (Å²) in [7, 11) is 1.40. The van der Waals surface area contributed by atoms with Gasteiger partial charge in [-0.2, -0.15) is 0 Å². The molecular weight excluding hydrogens is 623 g/mol. The Labute approximate surface area is 271 Å². The number of carbonyl (C=O) groups excluding carboxylic acids is 1. The second kappa shape index (κ2) is 11.8. The largest absolute Gasteiger partial charge is 0.495 e. The van der Waals surface area contributed by atoms with Gasteiger partial charge >= 0.3 is 5.97 Å². The van der Waals surface area contributed by atoms with Crippen LogP contribution in [0.25, 0.3) is 0 Å². The predicted octanol–water partition coefficient (Wildman–Crippen LogP) is 7.43. The molecule has 5 atom stereocenters. The number of aromatic carboxylic acids is 1. The smallest absolute Gasteiger partial charge is 0.335 e. The molecule has 0 aliphatic carbocycles. The average molecular weight is 661 g/mol. The van der Waals surface area contributed by atoms with Gasteiger partial charge in [-0.05, 0) is 59.7 Å². The van der Waals surface area contributed by atoms with Gasteiger partial charge < -0.3 is 15.6 Å². The van der Waals surface area contributed by atoms with E-state index in [0.717, 1.165) is 0 Å². The normalized spacial score (nSPS) is 25.2. The number of nitrogens with zero attached hydrogens (tertiary/aromatic N) is 2. The van der Waals surface area contributed by atoms with Crippen molar-refractivity contribution in [3.8, 4) is 5.75 Å². The van der Waals surface area contributed by atoms with Crippen LogP contribution in [0.3, 0.4) is 0 Å². The molecule has 7 nitrogen and oxygen atoms in total. The standard InChI is InChI=1S/C34H37Cl2F2N3O4/c1-17(2)30-40(24-13-10-18(32(43)44)14-25(24)45-6)31(42)29-27(20-8-7-9-22(36)28(20)38)34(39,21-12-11-19(35)15-23(21)37)26(41(29)30)16-33(3,4)5/h7-15,17,26-27,29-30H,16,39H2,1-6H3,(H,43,44)/t26-,27-,29+,30+,34+/m0/s1. The number of benzene rings is 3. The number of halogens is 4. The zero-order valence-corrected chi connectivity index (χ0v) is 27.5. The van der Waals surface area contributed by atoms with E-state index in [1.165, 1.54) is 37.4 Å². The summed E-state index contributed by atoms with van der Waals surface area (Å²) in [5, 5.41) is 9.63. The predicted molar refractivity (Wildman–Crippen MR) is 171 cm³/mol. The lowest BCUT2D eigenvalue weighted by Crippen LogP contribution is -2.57. The summed E-state index contributed by atoms with van der Waals surface area (Å²) in [4.78, 5) is 30.3. The highest BCUT2D eigenvalue weighted by molar-refractivity contribution is 6.31. The lowest BCUT2D eigenvalue weighted by Gasteiger charge is -2.45. The molecule has 3 aromatic carbocycles. The fourth-order valence-electron chi connectivity index (χ4n) is 7.25. The zero-order valence-electron chi connectivity index (χ0n) is 25.9. The van der Waals surface area contributed by atoms with Gasteiger partial charge in [0, 0.05) is 22.5 Å². The maximum absolute atomic E-state index is 16.1. The molecule has 0 aromatic heterocycles. The van der Waals surface area contributed by atoms with Gasteiger partial charge in [-0.15, -0.1) is 0 Å². The number of nitrogens with two attached hydrogens (primary N) is 1. The minimum absolute atomic E-state index is 0.00693. The van der Waals surface area contributed by atoms with Crippen LogP contribution in [0, 0.1) is 23.0 Å². The van der Waals surface area contributed by atoms with Gasteiger partial charge in [0.25, 0.3) is 0 Å². The van der Waals surface area contributed by atoms with E-state index in [0.29, 0.717) is 12.1 Å². The second-order valence-corrected chi connectivity index (χ2v) is 14.3. The first-order valence-corrected chi connectivity index (χ1v) is 15.5. The maximum Gasteiger partial charge on any atom is 0.335 e. The molecule has 5 rings (SSSR count). The number of methoxy groups -OCH3 is 1. The van der Waals surface area contributed by atoms with Gasteiger partial charge in [-0.25, -0.2) is 13.6 Å². The van der Waals surface area contributed by atoms with E-state index in [1.807, 2.05) is 39.5 Å². The highest BCUT2D eigenvalue weighted by Gasteiger charge is 2.68. The Morgan fingerprint density at radius 2 is 1.80 bits per heavy atom. The number of carboxylic acid groups (broad SMARTS) is 1. The van der Waals surface area contributed by atoms with Crippen LogP contribution in [0.15, 0.2) is 54.6 Å². The van der Waals surface area contributed by atoms with E-state index in [2.05, 4.69) is 0 Å². The molecule has 45 heavy (non-hydrogen) atoms. The maximum atomic E-state index is 16.1. The minimum Gasteiger partial charge on any atom is -0.495 e. The Balaban J connectivity index is 1.84. The van der Waals surface area contributed by atoms with Crippen LogP contribution < -0.4 is 15.4 Å². The number of amides is 1.